The highest BCUT2D eigenvalue weighted by molar-refractivity contribution is 5.76. The Hall–Kier alpha value is -2.09. The first-order valence-corrected chi connectivity index (χ1v) is 6.24. The van der Waals surface area contributed by atoms with Crippen LogP contribution in [0.15, 0.2) is 54.9 Å². The van der Waals surface area contributed by atoms with Gasteiger partial charge in [0.1, 0.15) is 0 Å². The van der Waals surface area contributed by atoms with Crippen molar-refractivity contribution in [1.29, 1.82) is 0 Å². The highest BCUT2D eigenvalue weighted by Crippen LogP contribution is 2.23. The Morgan fingerprint density at radius 3 is 2.61 bits per heavy atom. The molecule has 2 aromatic carbocycles. The first-order valence-electron chi connectivity index (χ1n) is 6.24. The molecule has 2 nitrogen and oxygen atoms in total. The molecular weight excluding hydrogens is 220 g/mol. The fraction of sp³-hybridized carbons (Fsp3) is 0.188. The lowest BCUT2D eigenvalue weighted by molar-refractivity contribution is 0.658. The van der Waals surface area contributed by atoms with Gasteiger partial charge in [-0.2, -0.15) is 0 Å². The Morgan fingerprint density at radius 2 is 1.83 bits per heavy atom. The summed E-state index contributed by atoms with van der Waals surface area (Å²) in [5.74, 6) is 0. The molecule has 2 heteroatoms. The second kappa shape index (κ2) is 4.30. The van der Waals surface area contributed by atoms with Crippen LogP contribution in [0.2, 0.25) is 0 Å². The first-order chi connectivity index (χ1) is 8.75. The van der Waals surface area contributed by atoms with Crippen LogP contribution in [0.3, 0.4) is 0 Å². The van der Waals surface area contributed by atoms with Gasteiger partial charge in [0.05, 0.1) is 23.4 Å². The van der Waals surface area contributed by atoms with Crippen LogP contribution in [0.5, 0.6) is 0 Å². The summed E-state index contributed by atoms with van der Waals surface area (Å²) >= 11 is 0. The molecule has 1 unspecified atom stereocenters. The fourth-order valence-electron chi connectivity index (χ4n) is 2.34. The summed E-state index contributed by atoms with van der Waals surface area (Å²) < 4.78 is 2.23. The average molecular weight is 236 g/mol. The minimum absolute atomic E-state index is 0.305. The van der Waals surface area contributed by atoms with Crippen LogP contribution in [0.1, 0.15) is 24.1 Å². The van der Waals surface area contributed by atoms with Gasteiger partial charge < -0.3 is 4.57 Å². The summed E-state index contributed by atoms with van der Waals surface area (Å²) in [4.78, 5) is 4.49. The predicted octanol–water partition coefficient (Wildman–Crippen LogP) is 3.95. The molecule has 0 radical (unpaired) electrons. The molecule has 1 heterocycles. The van der Waals surface area contributed by atoms with E-state index >= 15 is 0 Å². The van der Waals surface area contributed by atoms with Crippen LogP contribution in [0.4, 0.5) is 0 Å². The van der Waals surface area contributed by atoms with E-state index in [4.69, 9.17) is 0 Å². The molecule has 0 aliphatic heterocycles. The average Bonchev–Trinajstić information content (AvgIpc) is 2.81. The first kappa shape index (κ1) is 11.0. The molecular formula is C16H16N2. The number of benzene rings is 2. The van der Waals surface area contributed by atoms with Crippen LogP contribution in [-0.2, 0) is 0 Å². The Kier molecular flexibility index (Phi) is 2.63. The smallest absolute Gasteiger partial charge is 0.0964 e. The van der Waals surface area contributed by atoms with Crippen molar-refractivity contribution in [3.8, 4) is 0 Å². The molecule has 1 atom stereocenters. The summed E-state index contributed by atoms with van der Waals surface area (Å²) in [7, 11) is 0. The van der Waals surface area contributed by atoms with E-state index in [1.807, 2.05) is 12.4 Å². The van der Waals surface area contributed by atoms with Crippen LogP contribution in [0.25, 0.3) is 11.0 Å². The minimum Gasteiger partial charge on any atom is -0.323 e. The lowest BCUT2D eigenvalue weighted by Crippen LogP contribution is -2.04. The quantitative estimate of drug-likeness (QED) is 0.658. The predicted molar refractivity (Wildman–Crippen MR) is 74.7 cm³/mol. The van der Waals surface area contributed by atoms with Crippen molar-refractivity contribution < 1.29 is 0 Å². The van der Waals surface area contributed by atoms with Gasteiger partial charge in [0, 0.05) is 0 Å². The molecule has 90 valence electrons. The van der Waals surface area contributed by atoms with Gasteiger partial charge in [-0.3, -0.25) is 0 Å². The zero-order valence-corrected chi connectivity index (χ0v) is 10.7. The lowest BCUT2D eigenvalue weighted by atomic mass is 10.1. The van der Waals surface area contributed by atoms with E-state index in [0.29, 0.717) is 6.04 Å². The van der Waals surface area contributed by atoms with Gasteiger partial charge >= 0.3 is 0 Å². The number of hydrogen-bond acceptors (Lipinski definition) is 1. The summed E-state index contributed by atoms with van der Waals surface area (Å²) in [5.41, 5.74) is 4.81. The highest BCUT2D eigenvalue weighted by atomic mass is 15.1. The molecule has 0 fully saturated rings. The monoisotopic (exact) mass is 236 g/mol. The molecule has 3 aromatic rings. The van der Waals surface area contributed by atoms with Crippen molar-refractivity contribution in [2.75, 3.05) is 0 Å². The van der Waals surface area contributed by atoms with E-state index < -0.39 is 0 Å². The number of fused-ring (bicyclic) bond motifs is 1. The van der Waals surface area contributed by atoms with Gasteiger partial charge in [-0.25, -0.2) is 4.98 Å². The number of nitrogens with zero attached hydrogens (tertiary/aromatic N) is 2. The highest BCUT2D eigenvalue weighted by Gasteiger charge is 2.10. The Balaban J connectivity index is 2.10. The molecule has 0 aliphatic rings. The van der Waals surface area contributed by atoms with Gasteiger partial charge in [-0.05, 0) is 37.1 Å². The summed E-state index contributed by atoms with van der Waals surface area (Å²) in [6.45, 7) is 4.30. The molecule has 0 amide bonds. The Bertz CT molecular complexity index is 668. The van der Waals surface area contributed by atoms with Gasteiger partial charge in [0.25, 0.3) is 0 Å². The molecule has 0 saturated carbocycles. The van der Waals surface area contributed by atoms with Crippen molar-refractivity contribution in [2.24, 2.45) is 0 Å². The summed E-state index contributed by atoms with van der Waals surface area (Å²) in [5, 5.41) is 0. The Morgan fingerprint density at radius 1 is 1.06 bits per heavy atom. The Labute approximate surface area is 107 Å². The van der Waals surface area contributed by atoms with E-state index in [1.165, 1.54) is 16.6 Å². The third-order valence-electron chi connectivity index (χ3n) is 3.43. The zero-order chi connectivity index (χ0) is 12.5. The number of aromatic nitrogens is 2. The second-order valence-corrected chi connectivity index (χ2v) is 4.73. The SMILES string of the molecule is Cc1ccc2c(c1)ncn2C(C)c1ccccc1. The maximum absolute atomic E-state index is 4.49. The van der Waals surface area contributed by atoms with Crippen LogP contribution in [-0.4, -0.2) is 9.55 Å². The van der Waals surface area contributed by atoms with Crippen molar-refractivity contribution >= 4 is 11.0 Å². The summed E-state index contributed by atoms with van der Waals surface area (Å²) in [6.07, 6.45) is 1.93. The van der Waals surface area contributed by atoms with E-state index in [9.17, 15) is 0 Å². The summed E-state index contributed by atoms with van der Waals surface area (Å²) in [6, 6.07) is 17.2. The molecule has 0 N–H and O–H groups in total. The molecule has 0 bridgehead atoms. The van der Waals surface area contributed by atoms with Crippen molar-refractivity contribution in [2.45, 2.75) is 19.9 Å². The van der Waals surface area contributed by atoms with Gasteiger partial charge in [0.15, 0.2) is 0 Å². The molecule has 0 aliphatic carbocycles. The van der Waals surface area contributed by atoms with Crippen molar-refractivity contribution in [3.63, 3.8) is 0 Å². The van der Waals surface area contributed by atoms with Gasteiger partial charge in [-0.1, -0.05) is 36.4 Å². The standard InChI is InChI=1S/C16H16N2/c1-12-8-9-16-15(10-12)17-11-18(16)13(2)14-6-4-3-5-7-14/h3-11,13H,1-2H3. The third-order valence-corrected chi connectivity index (χ3v) is 3.43. The van der Waals surface area contributed by atoms with Crippen molar-refractivity contribution in [1.82, 2.24) is 9.55 Å². The lowest BCUT2D eigenvalue weighted by Gasteiger charge is -2.14. The van der Waals surface area contributed by atoms with E-state index in [-0.39, 0.29) is 0 Å². The minimum atomic E-state index is 0.305. The van der Waals surface area contributed by atoms with Crippen molar-refractivity contribution in [3.05, 3.63) is 66.0 Å². The number of aryl methyl sites for hydroxylation is 1. The van der Waals surface area contributed by atoms with E-state index in [1.54, 1.807) is 0 Å². The topological polar surface area (TPSA) is 17.8 Å². The number of rotatable bonds is 2. The second-order valence-electron chi connectivity index (χ2n) is 4.73. The molecule has 0 saturated heterocycles. The van der Waals surface area contributed by atoms with Gasteiger partial charge in [-0.15, -0.1) is 0 Å². The molecule has 3 rings (SSSR count). The normalized spacial score (nSPS) is 12.8. The zero-order valence-electron chi connectivity index (χ0n) is 10.7. The van der Waals surface area contributed by atoms with Crippen LogP contribution < -0.4 is 0 Å². The number of imidazole rings is 1. The fourth-order valence-corrected chi connectivity index (χ4v) is 2.34. The maximum atomic E-state index is 4.49. The number of hydrogen-bond donors (Lipinski definition) is 0. The van der Waals surface area contributed by atoms with Crippen LogP contribution in [0, 0.1) is 6.92 Å². The maximum Gasteiger partial charge on any atom is 0.0964 e. The third kappa shape index (κ3) is 1.80. The molecule has 18 heavy (non-hydrogen) atoms. The van der Waals surface area contributed by atoms with E-state index in [0.717, 1.165) is 5.52 Å². The van der Waals surface area contributed by atoms with Crippen LogP contribution >= 0.6 is 0 Å². The molecule has 0 spiro atoms. The van der Waals surface area contributed by atoms with E-state index in [2.05, 4.69) is 65.9 Å². The van der Waals surface area contributed by atoms with Gasteiger partial charge in [0.2, 0.25) is 0 Å². The molecule has 1 aromatic heterocycles. The largest absolute Gasteiger partial charge is 0.323 e.